The van der Waals surface area contributed by atoms with E-state index in [0.29, 0.717) is 6.42 Å². The summed E-state index contributed by atoms with van der Waals surface area (Å²) in [5.74, 6) is -3.71. The number of alkyl halides is 2. The minimum atomic E-state index is -2.84. The van der Waals surface area contributed by atoms with Crippen molar-refractivity contribution in [1.29, 1.82) is 0 Å². The molecule has 1 aliphatic heterocycles. The summed E-state index contributed by atoms with van der Waals surface area (Å²) in [5, 5.41) is 2.92. The maximum atomic E-state index is 13.1. The number of amides is 2. The molecule has 2 heterocycles. The average molecular weight is 395 g/mol. The van der Waals surface area contributed by atoms with Crippen molar-refractivity contribution in [2.45, 2.75) is 31.2 Å². The van der Waals surface area contributed by atoms with Crippen LogP contribution in [-0.2, 0) is 4.79 Å². The summed E-state index contributed by atoms with van der Waals surface area (Å²) in [5.41, 5.74) is 6.02. The van der Waals surface area contributed by atoms with Crippen LogP contribution in [0.4, 0.5) is 8.78 Å². The molecule has 0 aromatic carbocycles. The maximum absolute atomic E-state index is 13.1. The van der Waals surface area contributed by atoms with E-state index in [1.807, 2.05) is 0 Å². The molecule has 1 aromatic rings. The predicted octanol–water partition coefficient (Wildman–Crippen LogP) is 2.09. The van der Waals surface area contributed by atoms with E-state index >= 15 is 0 Å². The monoisotopic (exact) mass is 394 g/mol. The maximum Gasteiger partial charge on any atom is 0.267 e. The molecule has 25 heavy (non-hydrogen) atoms. The molecule has 0 unspecified atom stereocenters. The first-order valence-corrected chi connectivity index (χ1v) is 8.46. The highest BCUT2D eigenvalue weighted by Crippen LogP contribution is 2.27. The molecular weight excluding hydrogens is 377 g/mol. The smallest absolute Gasteiger partial charge is 0.267 e. The van der Waals surface area contributed by atoms with Crippen molar-refractivity contribution in [3.05, 3.63) is 28.0 Å². The first-order valence-electron chi connectivity index (χ1n) is 7.71. The molecule has 0 spiro atoms. The number of rotatable bonds is 6. The largest absolute Gasteiger partial charge is 0.352 e. The Morgan fingerprint density at radius 3 is 2.76 bits per heavy atom. The molecule has 1 aromatic heterocycles. The quantitative estimate of drug-likeness (QED) is 0.571. The molecular formula is C15H18Cl2F2N4O2. The summed E-state index contributed by atoms with van der Waals surface area (Å²) in [6, 6.07) is 0.534. The summed E-state index contributed by atoms with van der Waals surface area (Å²) in [4.78, 5) is 28.8. The van der Waals surface area contributed by atoms with Crippen LogP contribution in [0.3, 0.4) is 0 Å². The van der Waals surface area contributed by atoms with Crippen LogP contribution in [-0.4, -0.2) is 53.3 Å². The van der Waals surface area contributed by atoms with Crippen LogP contribution in [0.25, 0.3) is 0 Å². The average Bonchev–Trinajstić information content (AvgIpc) is 2.92. The molecule has 2 rings (SSSR count). The Balaban J connectivity index is 1.72. The summed E-state index contributed by atoms with van der Waals surface area (Å²) in [6.45, 7) is -0.294. The molecule has 1 atom stereocenters. The van der Waals surface area contributed by atoms with Crippen molar-refractivity contribution in [2.75, 3.05) is 19.6 Å². The van der Waals surface area contributed by atoms with Gasteiger partial charge in [0.15, 0.2) is 0 Å². The Hall–Kier alpha value is -1.51. The van der Waals surface area contributed by atoms with Gasteiger partial charge in [-0.1, -0.05) is 23.2 Å². The van der Waals surface area contributed by atoms with Crippen molar-refractivity contribution in [3.63, 3.8) is 0 Å². The van der Waals surface area contributed by atoms with Crippen molar-refractivity contribution in [3.8, 4) is 0 Å². The number of nitrogens with one attached hydrogen (secondary N) is 1. The van der Waals surface area contributed by atoms with E-state index in [-0.39, 0.29) is 47.6 Å². The third kappa shape index (κ3) is 5.49. The summed E-state index contributed by atoms with van der Waals surface area (Å²) in [6.07, 6.45) is 1.67. The number of nitrogens with two attached hydrogens (primary N) is 1. The topological polar surface area (TPSA) is 88.3 Å². The highest BCUT2D eigenvalue weighted by atomic mass is 35.5. The number of likely N-dealkylation sites (tertiary alicyclic amines) is 1. The fraction of sp³-hybridized carbons (Fsp3) is 0.533. The molecule has 1 fully saturated rings. The number of nitrogens with zero attached hydrogens (tertiary/aromatic N) is 2. The van der Waals surface area contributed by atoms with E-state index in [0.717, 1.165) is 4.90 Å². The molecule has 0 bridgehead atoms. The second-order valence-electron chi connectivity index (χ2n) is 5.87. The van der Waals surface area contributed by atoms with Gasteiger partial charge in [0.25, 0.3) is 11.8 Å². The fourth-order valence-electron chi connectivity index (χ4n) is 2.45. The summed E-state index contributed by atoms with van der Waals surface area (Å²) < 4.78 is 26.2. The van der Waals surface area contributed by atoms with Gasteiger partial charge in [-0.3, -0.25) is 9.59 Å². The number of pyridine rings is 1. The molecule has 0 aliphatic carbocycles. The number of hydrogen-bond donors (Lipinski definition) is 2. The fourth-order valence-corrected chi connectivity index (χ4v) is 2.72. The van der Waals surface area contributed by atoms with E-state index in [9.17, 15) is 18.4 Å². The zero-order valence-corrected chi connectivity index (χ0v) is 14.8. The highest BCUT2D eigenvalue weighted by molar-refractivity contribution is 6.41. The number of hydrogen-bond acceptors (Lipinski definition) is 4. The lowest BCUT2D eigenvalue weighted by Crippen LogP contribution is -2.43. The van der Waals surface area contributed by atoms with Gasteiger partial charge in [0.1, 0.15) is 5.15 Å². The number of aromatic nitrogens is 1. The van der Waals surface area contributed by atoms with Crippen LogP contribution in [0.15, 0.2) is 12.3 Å². The van der Waals surface area contributed by atoms with Gasteiger partial charge in [0.2, 0.25) is 5.91 Å². The molecule has 1 saturated heterocycles. The second-order valence-corrected chi connectivity index (χ2v) is 6.63. The molecule has 10 heteroatoms. The van der Waals surface area contributed by atoms with E-state index in [4.69, 9.17) is 28.9 Å². The Morgan fingerprint density at radius 1 is 1.44 bits per heavy atom. The normalized spacial score (nSPS) is 17.4. The van der Waals surface area contributed by atoms with Crippen molar-refractivity contribution in [1.82, 2.24) is 15.2 Å². The Kier molecular flexibility index (Phi) is 6.53. The van der Waals surface area contributed by atoms with Crippen molar-refractivity contribution in [2.24, 2.45) is 5.73 Å². The van der Waals surface area contributed by atoms with Crippen LogP contribution in [0.5, 0.6) is 0 Å². The lowest BCUT2D eigenvalue weighted by molar-refractivity contribution is -0.133. The zero-order valence-electron chi connectivity index (χ0n) is 13.3. The van der Waals surface area contributed by atoms with Gasteiger partial charge in [-0.2, -0.15) is 0 Å². The molecule has 6 nitrogen and oxygen atoms in total. The first kappa shape index (κ1) is 19.8. The SMILES string of the molecule is N[C@@H](CCCNC(=O)c1cnc(Cl)c(Cl)c1)C(=O)N1CCC(F)(F)C1. The van der Waals surface area contributed by atoms with Crippen LogP contribution < -0.4 is 11.1 Å². The predicted molar refractivity (Wildman–Crippen MR) is 89.9 cm³/mol. The number of carbonyl (C=O) groups excluding carboxylic acids is 2. The molecule has 1 aliphatic rings. The van der Waals surface area contributed by atoms with Crippen LogP contribution in [0.2, 0.25) is 10.2 Å². The van der Waals surface area contributed by atoms with Gasteiger partial charge in [0.05, 0.1) is 23.2 Å². The van der Waals surface area contributed by atoms with Gasteiger partial charge in [-0.25, -0.2) is 13.8 Å². The van der Waals surface area contributed by atoms with Crippen LogP contribution >= 0.6 is 23.2 Å². The van der Waals surface area contributed by atoms with E-state index in [1.54, 1.807) is 0 Å². The highest BCUT2D eigenvalue weighted by Gasteiger charge is 2.41. The first-order chi connectivity index (χ1) is 11.7. The molecule has 3 N–H and O–H groups in total. The minimum absolute atomic E-state index is 0.0145. The number of carbonyl (C=O) groups is 2. The summed E-state index contributed by atoms with van der Waals surface area (Å²) >= 11 is 11.5. The van der Waals surface area contributed by atoms with Crippen LogP contribution in [0.1, 0.15) is 29.6 Å². The second kappa shape index (κ2) is 8.25. The zero-order chi connectivity index (χ0) is 18.6. The minimum Gasteiger partial charge on any atom is -0.352 e. The van der Waals surface area contributed by atoms with Crippen molar-refractivity contribution >= 4 is 35.0 Å². The van der Waals surface area contributed by atoms with Crippen molar-refractivity contribution < 1.29 is 18.4 Å². The van der Waals surface area contributed by atoms with Crippen LogP contribution in [0, 0.1) is 0 Å². The van der Waals surface area contributed by atoms with Gasteiger partial charge in [-0.05, 0) is 18.9 Å². The van der Waals surface area contributed by atoms with E-state index < -0.39 is 24.4 Å². The lowest BCUT2D eigenvalue weighted by atomic mass is 10.1. The Labute approximate surface area is 153 Å². The van der Waals surface area contributed by atoms with E-state index in [2.05, 4.69) is 10.3 Å². The van der Waals surface area contributed by atoms with Gasteiger partial charge < -0.3 is 16.0 Å². The Morgan fingerprint density at radius 2 is 2.16 bits per heavy atom. The van der Waals surface area contributed by atoms with Gasteiger partial charge in [0, 0.05) is 25.7 Å². The third-order valence-electron chi connectivity index (χ3n) is 3.83. The lowest BCUT2D eigenvalue weighted by Gasteiger charge is -2.20. The molecule has 138 valence electrons. The van der Waals surface area contributed by atoms with E-state index in [1.165, 1.54) is 12.3 Å². The molecule has 2 amide bonds. The summed E-state index contributed by atoms with van der Waals surface area (Å²) in [7, 11) is 0. The standard InChI is InChI=1S/C15H18Cl2F2N4O2/c16-10-6-9(7-22-12(10)17)13(24)21-4-1-2-11(20)14(25)23-5-3-15(18,19)8-23/h6-7,11H,1-5,8,20H2,(H,21,24)/t11-/m0/s1. The van der Waals surface area contributed by atoms with Gasteiger partial charge >= 0.3 is 0 Å². The molecule has 0 radical (unpaired) electrons. The third-order valence-corrected chi connectivity index (χ3v) is 4.52. The number of halogens is 4. The van der Waals surface area contributed by atoms with Gasteiger partial charge in [-0.15, -0.1) is 0 Å². The Bertz CT molecular complexity index is 660. The molecule has 0 saturated carbocycles.